The number of rotatable bonds is 2. The van der Waals surface area contributed by atoms with Gasteiger partial charge in [-0.1, -0.05) is 18.2 Å². The molecule has 1 saturated heterocycles. The van der Waals surface area contributed by atoms with Crippen molar-refractivity contribution in [1.82, 2.24) is 14.6 Å². The Kier molecular flexibility index (Phi) is 3.73. The molecule has 0 saturated carbocycles. The number of aryl methyl sites for hydroxylation is 2. The second-order valence-corrected chi connectivity index (χ2v) is 6.61. The SMILES string of the molecule is Cc1ccc(-c2cnn3c(N4CCC(O)CC4)ccnc23)cc1C. The average Bonchev–Trinajstić information content (AvgIpc) is 3.02. The van der Waals surface area contributed by atoms with Crippen LogP contribution in [0, 0.1) is 13.8 Å². The Morgan fingerprint density at radius 2 is 1.88 bits per heavy atom. The number of benzene rings is 1. The van der Waals surface area contributed by atoms with Gasteiger partial charge >= 0.3 is 0 Å². The van der Waals surface area contributed by atoms with E-state index < -0.39 is 0 Å². The molecule has 3 aromatic rings. The molecule has 4 rings (SSSR count). The highest BCUT2D eigenvalue weighted by atomic mass is 16.3. The van der Waals surface area contributed by atoms with Gasteiger partial charge in [0.05, 0.1) is 12.3 Å². The molecule has 2 aromatic heterocycles. The molecule has 0 aliphatic carbocycles. The zero-order valence-corrected chi connectivity index (χ0v) is 14.1. The number of hydrogen-bond acceptors (Lipinski definition) is 4. The summed E-state index contributed by atoms with van der Waals surface area (Å²) in [5.41, 5.74) is 5.63. The molecule has 0 spiro atoms. The largest absolute Gasteiger partial charge is 0.393 e. The average molecular weight is 322 g/mol. The van der Waals surface area contributed by atoms with Crippen LogP contribution in [0.25, 0.3) is 16.8 Å². The first kappa shape index (κ1) is 15.1. The van der Waals surface area contributed by atoms with Crippen molar-refractivity contribution in [1.29, 1.82) is 0 Å². The van der Waals surface area contributed by atoms with Crippen molar-refractivity contribution < 1.29 is 5.11 Å². The molecule has 1 aromatic carbocycles. The monoisotopic (exact) mass is 322 g/mol. The quantitative estimate of drug-likeness (QED) is 0.788. The number of anilines is 1. The first-order valence-corrected chi connectivity index (χ1v) is 8.47. The van der Waals surface area contributed by atoms with Crippen LogP contribution >= 0.6 is 0 Å². The number of aliphatic hydroxyl groups is 1. The second-order valence-electron chi connectivity index (χ2n) is 6.61. The summed E-state index contributed by atoms with van der Waals surface area (Å²) in [6, 6.07) is 8.47. The topological polar surface area (TPSA) is 53.7 Å². The molecule has 124 valence electrons. The minimum absolute atomic E-state index is 0.178. The number of piperidine rings is 1. The van der Waals surface area contributed by atoms with Gasteiger partial charge < -0.3 is 10.0 Å². The fourth-order valence-corrected chi connectivity index (χ4v) is 3.33. The molecule has 3 heterocycles. The standard InChI is InChI=1S/C19H22N4O/c1-13-3-4-15(11-14(13)2)17-12-21-23-18(5-8-20-19(17)23)22-9-6-16(24)7-10-22/h3-5,8,11-12,16,24H,6-7,9-10H2,1-2H3. The Morgan fingerprint density at radius 3 is 2.62 bits per heavy atom. The summed E-state index contributed by atoms with van der Waals surface area (Å²) >= 11 is 0. The highest BCUT2D eigenvalue weighted by Gasteiger charge is 2.20. The van der Waals surface area contributed by atoms with Gasteiger partial charge in [-0.2, -0.15) is 9.61 Å². The highest BCUT2D eigenvalue weighted by molar-refractivity contribution is 5.78. The third-order valence-corrected chi connectivity index (χ3v) is 4.99. The second kappa shape index (κ2) is 5.91. The molecule has 0 radical (unpaired) electrons. The van der Waals surface area contributed by atoms with Gasteiger partial charge in [-0.15, -0.1) is 0 Å². The maximum Gasteiger partial charge on any atom is 0.165 e. The number of hydrogen-bond donors (Lipinski definition) is 1. The van der Waals surface area contributed by atoms with Crippen LogP contribution in [0.5, 0.6) is 0 Å². The van der Waals surface area contributed by atoms with Crippen LogP contribution < -0.4 is 4.90 Å². The maximum atomic E-state index is 9.73. The molecule has 1 N–H and O–H groups in total. The van der Waals surface area contributed by atoms with Gasteiger partial charge in [-0.3, -0.25) is 0 Å². The van der Waals surface area contributed by atoms with E-state index in [-0.39, 0.29) is 6.10 Å². The minimum Gasteiger partial charge on any atom is -0.393 e. The van der Waals surface area contributed by atoms with Crippen LogP contribution in [0.3, 0.4) is 0 Å². The molecule has 24 heavy (non-hydrogen) atoms. The fourth-order valence-electron chi connectivity index (χ4n) is 3.33. The van der Waals surface area contributed by atoms with Crippen LogP contribution in [-0.4, -0.2) is 38.9 Å². The molecule has 1 aliphatic heterocycles. The Bertz CT molecular complexity index is 878. The normalized spacial score (nSPS) is 16.0. The summed E-state index contributed by atoms with van der Waals surface area (Å²) in [7, 11) is 0. The van der Waals surface area contributed by atoms with Crippen molar-refractivity contribution in [3.63, 3.8) is 0 Å². The van der Waals surface area contributed by atoms with Gasteiger partial charge in [0, 0.05) is 24.8 Å². The summed E-state index contributed by atoms with van der Waals surface area (Å²) in [5, 5.41) is 14.3. The Morgan fingerprint density at radius 1 is 1.08 bits per heavy atom. The molecule has 1 fully saturated rings. The van der Waals surface area contributed by atoms with E-state index in [4.69, 9.17) is 0 Å². The Labute approximate surface area is 141 Å². The third kappa shape index (κ3) is 2.55. The molecule has 0 atom stereocenters. The van der Waals surface area contributed by atoms with Crippen molar-refractivity contribution in [2.24, 2.45) is 0 Å². The van der Waals surface area contributed by atoms with Crippen molar-refractivity contribution in [3.8, 4) is 11.1 Å². The third-order valence-electron chi connectivity index (χ3n) is 4.99. The van der Waals surface area contributed by atoms with Gasteiger partial charge in [-0.25, -0.2) is 4.98 Å². The van der Waals surface area contributed by atoms with Gasteiger partial charge in [-0.05, 0) is 49.4 Å². The lowest BCUT2D eigenvalue weighted by Crippen LogP contribution is -2.36. The molecule has 5 nitrogen and oxygen atoms in total. The summed E-state index contributed by atoms with van der Waals surface area (Å²) in [6.07, 6.45) is 5.17. The van der Waals surface area contributed by atoms with Crippen molar-refractivity contribution in [2.75, 3.05) is 18.0 Å². The summed E-state index contributed by atoms with van der Waals surface area (Å²) in [4.78, 5) is 6.84. The molecule has 0 amide bonds. The van der Waals surface area contributed by atoms with Crippen LogP contribution in [0.15, 0.2) is 36.7 Å². The van der Waals surface area contributed by atoms with Crippen LogP contribution in [0.1, 0.15) is 24.0 Å². The lowest BCUT2D eigenvalue weighted by atomic mass is 10.0. The predicted octanol–water partition coefficient (Wildman–Crippen LogP) is 2.97. The van der Waals surface area contributed by atoms with Crippen LogP contribution in [0.4, 0.5) is 5.82 Å². The number of aliphatic hydroxyl groups excluding tert-OH is 1. The van der Waals surface area contributed by atoms with E-state index in [0.717, 1.165) is 48.5 Å². The maximum absolute atomic E-state index is 9.73. The van der Waals surface area contributed by atoms with Crippen molar-refractivity contribution >= 4 is 11.5 Å². The molecule has 0 unspecified atom stereocenters. The molecule has 1 aliphatic rings. The number of nitrogens with zero attached hydrogens (tertiary/aromatic N) is 4. The zero-order valence-electron chi connectivity index (χ0n) is 14.1. The minimum atomic E-state index is -0.178. The number of aromatic nitrogens is 3. The Hall–Kier alpha value is -2.40. The van der Waals surface area contributed by atoms with Crippen molar-refractivity contribution in [3.05, 3.63) is 47.8 Å². The summed E-state index contributed by atoms with van der Waals surface area (Å²) < 4.78 is 1.92. The predicted molar refractivity (Wildman–Crippen MR) is 95.4 cm³/mol. The first-order valence-electron chi connectivity index (χ1n) is 8.47. The lowest BCUT2D eigenvalue weighted by Gasteiger charge is -2.31. The van der Waals surface area contributed by atoms with E-state index in [0.29, 0.717) is 0 Å². The van der Waals surface area contributed by atoms with E-state index in [1.165, 1.54) is 11.1 Å². The van der Waals surface area contributed by atoms with Gasteiger partial charge in [0.1, 0.15) is 5.82 Å². The van der Waals surface area contributed by atoms with E-state index in [1.807, 2.05) is 23.0 Å². The number of fused-ring (bicyclic) bond motifs is 1. The van der Waals surface area contributed by atoms with Gasteiger partial charge in [0.15, 0.2) is 5.65 Å². The van der Waals surface area contributed by atoms with E-state index >= 15 is 0 Å². The van der Waals surface area contributed by atoms with Crippen molar-refractivity contribution in [2.45, 2.75) is 32.8 Å². The first-order chi connectivity index (χ1) is 11.6. The summed E-state index contributed by atoms with van der Waals surface area (Å²) in [5.74, 6) is 1.04. The smallest absolute Gasteiger partial charge is 0.165 e. The van der Waals surface area contributed by atoms with Crippen LogP contribution in [-0.2, 0) is 0 Å². The highest BCUT2D eigenvalue weighted by Crippen LogP contribution is 2.28. The summed E-state index contributed by atoms with van der Waals surface area (Å²) in [6.45, 7) is 5.94. The van der Waals surface area contributed by atoms with Gasteiger partial charge in [0.2, 0.25) is 0 Å². The molecule has 5 heteroatoms. The fraction of sp³-hybridized carbons (Fsp3) is 0.368. The van der Waals surface area contributed by atoms with Crippen LogP contribution in [0.2, 0.25) is 0 Å². The molecular formula is C19H22N4O. The van der Waals surface area contributed by atoms with E-state index in [2.05, 4.69) is 47.0 Å². The lowest BCUT2D eigenvalue weighted by molar-refractivity contribution is 0.145. The Balaban J connectivity index is 1.77. The molecular weight excluding hydrogens is 300 g/mol. The van der Waals surface area contributed by atoms with E-state index in [1.54, 1.807) is 0 Å². The zero-order chi connectivity index (χ0) is 16.7. The van der Waals surface area contributed by atoms with E-state index in [9.17, 15) is 5.11 Å². The van der Waals surface area contributed by atoms with Gasteiger partial charge in [0.25, 0.3) is 0 Å². The molecule has 0 bridgehead atoms.